The highest BCUT2D eigenvalue weighted by atomic mass is 16.5. The smallest absolute Gasteiger partial charge is 0.320 e. The van der Waals surface area contributed by atoms with E-state index >= 15 is 0 Å². The number of aromatic amines is 1. The van der Waals surface area contributed by atoms with Gasteiger partial charge in [0.05, 0.1) is 18.2 Å². The third kappa shape index (κ3) is 4.10. The topological polar surface area (TPSA) is 108 Å². The number of morpholine rings is 1. The van der Waals surface area contributed by atoms with Gasteiger partial charge in [0.15, 0.2) is 0 Å². The molecule has 3 aromatic rings. The normalized spacial score (nSPS) is 17.6. The number of hydrogen-bond acceptors (Lipinski definition) is 6. The minimum absolute atomic E-state index is 0.000997. The van der Waals surface area contributed by atoms with Crippen molar-refractivity contribution in [3.63, 3.8) is 0 Å². The van der Waals surface area contributed by atoms with Crippen LogP contribution in [0.5, 0.6) is 0 Å². The second-order valence-electron chi connectivity index (χ2n) is 6.96. The third-order valence-corrected chi connectivity index (χ3v) is 4.69. The highest BCUT2D eigenvalue weighted by Crippen LogP contribution is 2.26. The highest BCUT2D eigenvalue weighted by Gasteiger charge is 2.18. The lowest BCUT2D eigenvalue weighted by molar-refractivity contribution is -0.0166. The van der Waals surface area contributed by atoms with Gasteiger partial charge in [-0.05, 0) is 26.1 Å². The molecule has 4 rings (SSSR count). The number of urea groups is 1. The van der Waals surface area contributed by atoms with Crippen molar-refractivity contribution in [3.05, 3.63) is 36.3 Å². The average Bonchev–Trinajstić information content (AvgIpc) is 3.10. The van der Waals surface area contributed by atoms with E-state index in [0.29, 0.717) is 19.0 Å². The first-order valence-electron chi connectivity index (χ1n) is 9.20. The van der Waals surface area contributed by atoms with E-state index in [1.165, 1.54) is 0 Å². The van der Waals surface area contributed by atoms with E-state index in [1.807, 2.05) is 26.1 Å². The molecule has 4 heterocycles. The number of anilines is 1. The van der Waals surface area contributed by atoms with Crippen molar-refractivity contribution in [1.82, 2.24) is 30.4 Å². The molecular formula is C19H23N7O2. The van der Waals surface area contributed by atoms with Crippen LogP contribution in [0.25, 0.3) is 22.2 Å². The number of pyridine rings is 2. The number of nitrogens with zero attached hydrogens (tertiary/aromatic N) is 4. The van der Waals surface area contributed by atoms with E-state index in [1.54, 1.807) is 18.5 Å². The second kappa shape index (κ2) is 7.91. The lowest BCUT2D eigenvalue weighted by Gasteiger charge is -2.30. The molecular weight excluding hydrogens is 358 g/mol. The van der Waals surface area contributed by atoms with E-state index in [4.69, 9.17) is 4.74 Å². The molecule has 0 saturated carbocycles. The molecule has 1 unspecified atom stereocenters. The fourth-order valence-electron chi connectivity index (χ4n) is 3.25. The van der Waals surface area contributed by atoms with Crippen molar-refractivity contribution in [2.45, 2.75) is 13.0 Å². The molecule has 1 aliphatic heterocycles. The van der Waals surface area contributed by atoms with Gasteiger partial charge in [0.25, 0.3) is 0 Å². The number of aromatic nitrogens is 4. The van der Waals surface area contributed by atoms with Gasteiger partial charge in [-0.3, -0.25) is 15.4 Å². The molecule has 2 amide bonds. The van der Waals surface area contributed by atoms with E-state index in [-0.39, 0.29) is 12.1 Å². The van der Waals surface area contributed by atoms with Crippen LogP contribution in [-0.2, 0) is 4.74 Å². The molecule has 0 aromatic carbocycles. The Morgan fingerprint density at radius 1 is 1.39 bits per heavy atom. The molecule has 9 heteroatoms. The summed E-state index contributed by atoms with van der Waals surface area (Å²) >= 11 is 0. The van der Waals surface area contributed by atoms with Crippen LogP contribution >= 0.6 is 0 Å². The third-order valence-electron chi connectivity index (χ3n) is 4.69. The van der Waals surface area contributed by atoms with Gasteiger partial charge < -0.3 is 15.0 Å². The maximum Gasteiger partial charge on any atom is 0.320 e. The zero-order chi connectivity index (χ0) is 19.5. The molecule has 0 radical (unpaired) electrons. The van der Waals surface area contributed by atoms with Crippen LogP contribution in [0.15, 0.2) is 30.6 Å². The first-order chi connectivity index (χ1) is 13.6. The van der Waals surface area contributed by atoms with Gasteiger partial charge in [0.2, 0.25) is 0 Å². The van der Waals surface area contributed by atoms with Crippen molar-refractivity contribution < 1.29 is 9.53 Å². The van der Waals surface area contributed by atoms with Gasteiger partial charge in [0.1, 0.15) is 11.5 Å². The van der Waals surface area contributed by atoms with E-state index in [9.17, 15) is 4.79 Å². The van der Waals surface area contributed by atoms with Gasteiger partial charge >= 0.3 is 6.03 Å². The number of amides is 2. The Balaban J connectivity index is 1.41. The highest BCUT2D eigenvalue weighted by molar-refractivity contribution is 5.95. The Morgan fingerprint density at radius 2 is 2.29 bits per heavy atom. The number of aryl methyl sites for hydroxylation is 1. The lowest BCUT2D eigenvalue weighted by atomic mass is 10.1. The van der Waals surface area contributed by atoms with E-state index in [0.717, 1.165) is 40.9 Å². The van der Waals surface area contributed by atoms with Crippen molar-refractivity contribution in [2.75, 3.05) is 38.6 Å². The minimum Gasteiger partial charge on any atom is -0.374 e. The maximum atomic E-state index is 12.2. The fourth-order valence-corrected chi connectivity index (χ4v) is 3.25. The number of nitrogens with one attached hydrogen (secondary N) is 3. The first kappa shape index (κ1) is 18.3. The Kier molecular flexibility index (Phi) is 5.18. The van der Waals surface area contributed by atoms with Crippen LogP contribution in [0.3, 0.4) is 0 Å². The van der Waals surface area contributed by atoms with Gasteiger partial charge in [0, 0.05) is 54.7 Å². The summed E-state index contributed by atoms with van der Waals surface area (Å²) in [7, 11) is 2.04. The molecule has 1 fully saturated rings. The summed E-state index contributed by atoms with van der Waals surface area (Å²) in [6.07, 6.45) is 3.46. The molecule has 9 nitrogen and oxygen atoms in total. The van der Waals surface area contributed by atoms with Gasteiger partial charge in [-0.15, -0.1) is 0 Å². The summed E-state index contributed by atoms with van der Waals surface area (Å²) in [4.78, 5) is 22.9. The van der Waals surface area contributed by atoms with E-state index < -0.39 is 0 Å². The Hall–Kier alpha value is -3.04. The number of rotatable bonds is 4. The summed E-state index contributed by atoms with van der Waals surface area (Å²) < 4.78 is 5.64. The molecule has 1 atom stereocenters. The largest absolute Gasteiger partial charge is 0.374 e. The molecule has 3 aromatic heterocycles. The summed E-state index contributed by atoms with van der Waals surface area (Å²) in [5, 5.41) is 13.9. The number of hydrogen-bond donors (Lipinski definition) is 3. The van der Waals surface area contributed by atoms with Crippen LogP contribution in [0.1, 0.15) is 5.69 Å². The molecule has 1 saturated heterocycles. The molecule has 0 aliphatic carbocycles. The number of H-pyrrole nitrogens is 1. The number of likely N-dealkylation sites (N-methyl/N-ethyl adjacent to an activating group) is 1. The number of carbonyl (C=O) groups excluding carboxylic acids is 1. The molecule has 0 spiro atoms. The molecule has 146 valence electrons. The van der Waals surface area contributed by atoms with Gasteiger partial charge in [-0.1, -0.05) is 0 Å². The van der Waals surface area contributed by atoms with Crippen molar-refractivity contribution >= 4 is 22.8 Å². The Labute approximate surface area is 162 Å². The van der Waals surface area contributed by atoms with Crippen molar-refractivity contribution in [3.8, 4) is 11.3 Å². The quantitative estimate of drug-likeness (QED) is 0.636. The number of ether oxygens (including phenoxy) is 1. The summed E-state index contributed by atoms with van der Waals surface area (Å²) in [5.74, 6) is 0.452. The average molecular weight is 381 g/mol. The second-order valence-corrected chi connectivity index (χ2v) is 6.96. The van der Waals surface area contributed by atoms with Crippen LogP contribution in [0, 0.1) is 6.92 Å². The summed E-state index contributed by atoms with van der Waals surface area (Å²) in [6, 6.07) is 5.34. The Morgan fingerprint density at radius 3 is 3.11 bits per heavy atom. The van der Waals surface area contributed by atoms with Gasteiger partial charge in [-0.25, -0.2) is 9.78 Å². The van der Waals surface area contributed by atoms with Crippen LogP contribution in [0.4, 0.5) is 10.6 Å². The zero-order valence-electron chi connectivity index (χ0n) is 15.9. The SMILES string of the molecule is Cc1cc(-c2n[nH]c3cc(NC(=O)NCC4CN(C)CCO4)ncc23)ccn1. The molecule has 0 bridgehead atoms. The van der Waals surface area contributed by atoms with E-state index in [2.05, 4.69) is 35.7 Å². The Bertz CT molecular complexity index is 987. The predicted octanol–water partition coefficient (Wildman–Crippen LogP) is 1.78. The predicted molar refractivity (Wildman–Crippen MR) is 106 cm³/mol. The van der Waals surface area contributed by atoms with Gasteiger partial charge in [-0.2, -0.15) is 5.10 Å². The van der Waals surface area contributed by atoms with Crippen molar-refractivity contribution in [1.29, 1.82) is 0 Å². The minimum atomic E-state index is -0.312. The van der Waals surface area contributed by atoms with Crippen molar-refractivity contribution in [2.24, 2.45) is 0 Å². The number of carbonyl (C=O) groups is 1. The van der Waals surface area contributed by atoms with Crippen LogP contribution in [-0.4, -0.2) is 70.5 Å². The van der Waals surface area contributed by atoms with Crippen LogP contribution in [0.2, 0.25) is 0 Å². The lowest BCUT2D eigenvalue weighted by Crippen LogP contribution is -2.46. The van der Waals surface area contributed by atoms with Crippen LogP contribution < -0.4 is 10.6 Å². The number of fused-ring (bicyclic) bond motifs is 1. The standard InChI is InChI=1S/C19H23N7O2/c1-12-7-13(3-4-20-12)18-15-10-21-17(8-16(15)24-25-18)23-19(27)22-9-14-11-26(2)5-6-28-14/h3-4,7-8,10,14H,5-6,9,11H2,1-2H3,(H,24,25)(H2,21,22,23,27). The monoisotopic (exact) mass is 381 g/mol. The summed E-state index contributed by atoms with van der Waals surface area (Å²) in [5.41, 5.74) is 3.50. The summed E-state index contributed by atoms with van der Waals surface area (Å²) in [6.45, 7) is 4.79. The maximum absolute atomic E-state index is 12.2. The molecule has 28 heavy (non-hydrogen) atoms. The first-order valence-corrected chi connectivity index (χ1v) is 9.20. The molecule has 1 aliphatic rings. The fraction of sp³-hybridized carbons (Fsp3) is 0.368. The zero-order valence-corrected chi connectivity index (χ0v) is 15.9. The molecule has 3 N–H and O–H groups in total.